The molecule has 1 aliphatic rings. The Morgan fingerprint density at radius 2 is 1.55 bits per heavy atom. The second-order valence-corrected chi connectivity index (χ2v) is 12.4. The molecule has 1 amide bonds. The van der Waals surface area contributed by atoms with Gasteiger partial charge in [0.2, 0.25) is 8.32 Å². The summed E-state index contributed by atoms with van der Waals surface area (Å²) in [7, 11) is -2.09. The van der Waals surface area contributed by atoms with E-state index in [9.17, 15) is 4.79 Å². The molecular weight excluding hydrogens is 294 g/mol. The average Bonchev–Trinajstić information content (AvgIpc) is 2.45. The second-order valence-electron chi connectivity index (χ2n) is 6.95. The van der Waals surface area contributed by atoms with Crippen LogP contribution in [0.2, 0.25) is 16.6 Å². The summed E-state index contributed by atoms with van der Waals surface area (Å²) < 4.78 is 6.58. The van der Waals surface area contributed by atoms with Gasteiger partial charge in [-0.3, -0.25) is 4.79 Å². The Balaban J connectivity index is 2.27. The summed E-state index contributed by atoms with van der Waals surface area (Å²) in [6.07, 6.45) is 2.94. The predicted octanol–water partition coefficient (Wildman–Crippen LogP) is 3.21. The number of aromatic nitrogens is 2. The van der Waals surface area contributed by atoms with E-state index >= 15 is 0 Å². The van der Waals surface area contributed by atoms with Crippen molar-refractivity contribution in [2.45, 2.75) is 70.3 Å². The summed E-state index contributed by atoms with van der Waals surface area (Å²) in [5, 5.41) is 2.88. The smallest absolute Gasteiger partial charge is 0.251 e. The molecular formula is C16H27N3O2Si. The molecule has 0 spiro atoms. The third-order valence-electron chi connectivity index (χ3n) is 4.76. The van der Waals surface area contributed by atoms with Crippen LogP contribution in [0.3, 0.4) is 0 Å². The minimum absolute atomic E-state index is 0.0451. The first-order chi connectivity index (χ1) is 10.3. The zero-order valence-electron chi connectivity index (χ0n) is 14.3. The molecule has 0 aromatic carbocycles. The number of hydrogen-bond acceptors (Lipinski definition) is 4. The van der Waals surface area contributed by atoms with Gasteiger partial charge in [0.05, 0.1) is 0 Å². The molecule has 2 atom stereocenters. The number of nitrogens with one attached hydrogen (secondary N) is 1. The van der Waals surface area contributed by atoms with E-state index in [1.807, 2.05) is 0 Å². The third-order valence-corrected chi connectivity index (χ3v) is 10.8. The van der Waals surface area contributed by atoms with Gasteiger partial charge in [-0.2, -0.15) is 0 Å². The van der Waals surface area contributed by atoms with Gasteiger partial charge < -0.3 is 9.74 Å². The number of nitrogens with zero attached hydrogens (tertiary/aromatic N) is 2. The Labute approximate surface area is 134 Å². The van der Waals surface area contributed by atoms with Crippen LogP contribution in [0, 0.1) is 0 Å². The van der Waals surface area contributed by atoms with Crippen molar-refractivity contribution in [1.29, 1.82) is 0 Å². The lowest BCUT2D eigenvalue weighted by atomic mass is 10.0. The Kier molecular flexibility index (Phi) is 5.02. The lowest BCUT2D eigenvalue weighted by Crippen LogP contribution is -2.63. The van der Waals surface area contributed by atoms with Gasteiger partial charge in [-0.1, -0.05) is 41.5 Å². The molecule has 1 fully saturated rings. The van der Waals surface area contributed by atoms with Gasteiger partial charge in [-0.15, -0.1) is 0 Å². The van der Waals surface area contributed by atoms with Crippen LogP contribution >= 0.6 is 0 Å². The van der Waals surface area contributed by atoms with E-state index in [0.717, 1.165) is 0 Å². The SMILES string of the molecule is CC(C)[Si](OC1C(=O)NC1c1ncccn1)(C(C)C)C(C)C. The summed E-state index contributed by atoms with van der Waals surface area (Å²) in [6, 6.07) is 1.55. The van der Waals surface area contributed by atoms with E-state index in [-0.39, 0.29) is 11.9 Å². The van der Waals surface area contributed by atoms with Crippen molar-refractivity contribution in [2.75, 3.05) is 0 Å². The molecule has 22 heavy (non-hydrogen) atoms. The number of hydrogen-bond donors (Lipinski definition) is 1. The van der Waals surface area contributed by atoms with Crippen LogP contribution in [0.1, 0.15) is 53.4 Å². The summed E-state index contributed by atoms with van der Waals surface area (Å²) in [5.74, 6) is 0.586. The minimum atomic E-state index is -2.09. The lowest BCUT2D eigenvalue weighted by Gasteiger charge is -2.48. The molecule has 0 saturated carbocycles. The topological polar surface area (TPSA) is 64.1 Å². The van der Waals surface area contributed by atoms with Crippen LogP contribution in [0.4, 0.5) is 0 Å². The maximum absolute atomic E-state index is 12.1. The van der Waals surface area contributed by atoms with Crippen molar-refractivity contribution in [1.82, 2.24) is 15.3 Å². The number of β-lactam (4-membered cyclic amide) rings is 1. The Hall–Kier alpha value is -1.27. The largest absolute Gasteiger partial charge is 0.402 e. The summed E-state index contributed by atoms with van der Waals surface area (Å²) in [4.78, 5) is 20.6. The minimum Gasteiger partial charge on any atom is -0.402 e. The Morgan fingerprint density at radius 1 is 1.05 bits per heavy atom. The van der Waals surface area contributed by atoms with Crippen molar-refractivity contribution >= 4 is 14.2 Å². The number of carbonyl (C=O) groups excluding carboxylic acids is 1. The van der Waals surface area contributed by atoms with Crippen LogP contribution in [-0.2, 0) is 9.22 Å². The van der Waals surface area contributed by atoms with Crippen molar-refractivity contribution in [2.24, 2.45) is 0 Å². The zero-order valence-corrected chi connectivity index (χ0v) is 15.3. The van der Waals surface area contributed by atoms with Crippen LogP contribution < -0.4 is 5.32 Å². The van der Waals surface area contributed by atoms with E-state index in [4.69, 9.17) is 4.43 Å². The lowest BCUT2D eigenvalue weighted by molar-refractivity contribution is -0.141. The van der Waals surface area contributed by atoms with Crippen molar-refractivity contribution in [3.63, 3.8) is 0 Å². The Bertz CT molecular complexity index is 498. The first kappa shape index (κ1) is 17.1. The summed E-state index contributed by atoms with van der Waals surface area (Å²) in [5.41, 5.74) is 1.33. The first-order valence-corrected chi connectivity index (χ1v) is 10.2. The highest BCUT2D eigenvalue weighted by molar-refractivity contribution is 6.77. The van der Waals surface area contributed by atoms with Crippen LogP contribution in [-0.4, -0.2) is 30.3 Å². The van der Waals surface area contributed by atoms with E-state index in [2.05, 4.69) is 56.8 Å². The van der Waals surface area contributed by atoms with Gasteiger partial charge in [0.1, 0.15) is 6.04 Å². The molecule has 1 aromatic rings. The molecule has 0 radical (unpaired) electrons. The molecule has 1 saturated heterocycles. The van der Waals surface area contributed by atoms with E-state index in [0.29, 0.717) is 22.4 Å². The van der Waals surface area contributed by atoms with Crippen molar-refractivity contribution in [3.8, 4) is 0 Å². The summed E-state index contributed by atoms with van der Waals surface area (Å²) in [6.45, 7) is 13.3. The fraction of sp³-hybridized carbons (Fsp3) is 0.688. The van der Waals surface area contributed by atoms with E-state index in [1.54, 1.807) is 18.5 Å². The van der Waals surface area contributed by atoms with Gasteiger partial charge >= 0.3 is 0 Å². The highest BCUT2D eigenvalue weighted by Gasteiger charge is 2.53. The van der Waals surface area contributed by atoms with E-state index in [1.165, 1.54) is 0 Å². The number of rotatable bonds is 6. The third kappa shape index (κ3) is 2.81. The molecule has 2 heterocycles. The average molecular weight is 321 g/mol. The quantitative estimate of drug-likeness (QED) is 0.645. The standard InChI is InChI=1S/C16H27N3O2Si/c1-10(2)22(11(3)4,12(5)6)21-14-13(19-16(14)20)15-17-8-7-9-18-15/h7-14H,1-6H3,(H,19,20). The number of amides is 1. The number of carbonyl (C=O) groups is 1. The monoisotopic (exact) mass is 321 g/mol. The highest BCUT2D eigenvalue weighted by Crippen LogP contribution is 2.45. The second kappa shape index (κ2) is 6.46. The molecule has 5 nitrogen and oxygen atoms in total. The molecule has 0 bridgehead atoms. The molecule has 6 heteroatoms. The first-order valence-electron chi connectivity index (χ1n) is 8.05. The van der Waals surface area contributed by atoms with Crippen LogP contribution in [0.5, 0.6) is 0 Å². The molecule has 1 aromatic heterocycles. The van der Waals surface area contributed by atoms with Gasteiger partial charge in [0, 0.05) is 12.4 Å². The van der Waals surface area contributed by atoms with Crippen LogP contribution in [0.15, 0.2) is 18.5 Å². The van der Waals surface area contributed by atoms with Gasteiger partial charge in [-0.25, -0.2) is 9.97 Å². The fourth-order valence-electron chi connectivity index (χ4n) is 3.79. The van der Waals surface area contributed by atoms with E-state index < -0.39 is 14.4 Å². The maximum atomic E-state index is 12.1. The van der Waals surface area contributed by atoms with Gasteiger partial charge in [0.25, 0.3) is 5.91 Å². The maximum Gasteiger partial charge on any atom is 0.251 e. The molecule has 1 N–H and O–H groups in total. The molecule has 1 aliphatic heterocycles. The van der Waals surface area contributed by atoms with Crippen molar-refractivity contribution < 1.29 is 9.22 Å². The predicted molar refractivity (Wildman–Crippen MR) is 88.8 cm³/mol. The normalized spacial score (nSPS) is 22.1. The van der Waals surface area contributed by atoms with Crippen LogP contribution in [0.25, 0.3) is 0 Å². The van der Waals surface area contributed by atoms with Gasteiger partial charge in [-0.05, 0) is 22.7 Å². The molecule has 2 unspecified atom stereocenters. The Morgan fingerprint density at radius 3 is 1.95 bits per heavy atom. The highest BCUT2D eigenvalue weighted by atomic mass is 28.4. The molecule has 122 valence electrons. The van der Waals surface area contributed by atoms with Crippen molar-refractivity contribution in [3.05, 3.63) is 24.3 Å². The zero-order chi connectivity index (χ0) is 16.5. The molecule has 0 aliphatic carbocycles. The summed E-state index contributed by atoms with van der Waals surface area (Å²) >= 11 is 0. The fourth-order valence-corrected chi connectivity index (χ4v) is 9.29. The molecule has 2 rings (SSSR count). The van der Waals surface area contributed by atoms with Gasteiger partial charge in [0.15, 0.2) is 11.9 Å².